The number of para-hydroxylation sites is 1. The molecule has 0 radical (unpaired) electrons. The molecular weight excluding hydrogens is 386 g/mol. The molecule has 0 spiro atoms. The van der Waals surface area contributed by atoms with Crippen molar-refractivity contribution >= 4 is 23.1 Å². The summed E-state index contributed by atoms with van der Waals surface area (Å²) in [4.78, 5) is 4.11. The lowest BCUT2D eigenvalue weighted by Gasteiger charge is -2.34. The third-order valence-electron chi connectivity index (χ3n) is 4.48. The van der Waals surface area contributed by atoms with Crippen LogP contribution in [0.4, 0.5) is 11.4 Å². The van der Waals surface area contributed by atoms with Gasteiger partial charge in [0.2, 0.25) is 0 Å². The van der Waals surface area contributed by atoms with Crippen LogP contribution in [0.15, 0.2) is 40.1 Å². The van der Waals surface area contributed by atoms with Crippen molar-refractivity contribution in [1.29, 1.82) is 10.5 Å². The molecule has 6 nitrogen and oxygen atoms in total. The minimum absolute atomic E-state index is 0.127. The maximum Gasteiger partial charge on any atom is 0.191 e. The van der Waals surface area contributed by atoms with Crippen LogP contribution in [-0.2, 0) is 9.47 Å². The summed E-state index contributed by atoms with van der Waals surface area (Å²) in [6.07, 6.45) is -0.545. The van der Waals surface area contributed by atoms with Gasteiger partial charge in [-0.3, -0.25) is 0 Å². The molecular formula is C22H23N3O3S. The van der Waals surface area contributed by atoms with E-state index in [2.05, 4.69) is 23.1 Å². The van der Waals surface area contributed by atoms with Gasteiger partial charge in [0.25, 0.3) is 0 Å². The molecule has 0 saturated carbocycles. The van der Waals surface area contributed by atoms with E-state index in [1.54, 1.807) is 17.8 Å². The lowest BCUT2D eigenvalue weighted by atomic mass is 10.1. The number of nitriles is 2. The van der Waals surface area contributed by atoms with Gasteiger partial charge in [-0.1, -0.05) is 23.9 Å². The smallest absolute Gasteiger partial charge is 0.191 e. The molecule has 3 rings (SSSR count). The fourth-order valence-corrected chi connectivity index (χ4v) is 4.44. The highest BCUT2D eigenvalue weighted by atomic mass is 32.2. The molecule has 2 aromatic rings. The second-order valence-electron chi connectivity index (χ2n) is 6.16. The monoisotopic (exact) mass is 409 g/mol. The normalized spacial score (nSPS) is 12.1. The number of fused-ring (bicyclic) bond motifs is 2. The van der Waals surface area contributed by atoms with E-state index in [1.165, 1.54) is 0 Å². The van der Waals surface area contributed by atoms with Gasteiger partial charge in [-0.15, -0.1) is 0 Å². The van der Waals surface area contributed by atoms with Crippen LogP contribution in [0.1, 0.15) is 31.9 Å². The molecule has 1 heterocycles. The van der Waals surface area contributed by atoms with Gasteiger partial charge in [-0.05, 0) is 39.0 Å². The number of rotatable bonds is 8. The zero-order chi connectivity index (χ0) is 20.8. The number of hydrogen-bond donors (Lipinski definition) is 0. The Morgan fingerprint density at radius 2 is 1.76 bits per heavy atom. The Morgan fingerprint density at radius 3 is 2.38 bits per heavy atom. The first-order valence-electron chi connectivity index (χ1n) is 9.59. The molecule has 0 fully saturated rings. The predicted octanol–water partition coefficient (Wildman–Crippen LogP) is 4.83. The Morgan fingerprint density at radius 1 is 1.03 bits per heavy atom. The van der Waals surface area contributed by atoms with Crippen molar-refractivity contribution in [3.05, 3.63) is 41.5 Å². The number of hydrogen-bond acceptors (Lipinski definition) is 7. The highest BCUT2D eigenvalue weighted by Crippen LogP contribution is 2.53. The molecule has 0 amide bonds. The largest absolute Gasteiger partial charge is 0.485 e. The van der Waals surface area contributed by atoms with Crippen LogP contribution >= 0.6 is 11.8 Å². The van der Waals surface area contributed by atoms with Gasteiger partial charge in [-0.25, -0.2) is 0 Å². The third kappa shape index (κ3) is 4.18. The third-order valence-corrected chi connectivity index (χ3v) is 5.58. The standard InChI is InChI=1S/C22H23N3O3S/c1-4-25-17-9-7-8-10-18(17)29-19-11-15(12-23)16(13-24)22(21(19)25)28-14-20(26-5-2)27-6-3/h7-11,20H,4-6,14H2,1-3H3. The Hall–Kier alpha value is -2.71. The first-order chi connectivity index (χ1) is 14.2. The fraction of sp³-hybridized carbons (Fsp3) is 0.364. The summed E-state index contributed by atoms with van der Waals surface area (Å²) < 4.78 is 17.3. The molecule has 0 atom stereocenters. The second-order valence-corrected chi connectivity index (χ2v) is 7.25. The van der Waals surface area contributed by atoms with E-state index in [1.807, 2.05) is 39.0 Å². The van der Waals surface area contributed by atoms with Crippen LogP contribution in [0, 0.1) is 22.7 Å². The summed E-state index contributed by atoms with van der Waals surface area (Å²) in [5.74, 6) is 0.398. The lowest BCUT2D eigenvalue weighted by Crippen LogP contribution is -2.27. The molecule has 0 unspecified atom stereocenters. The summed E-state index contributed by atoms with van der Waals surface area (Å²) in [7, 11) is 0. The number of anilines is 2. The van der Waals surface area contributed by atoms with Gasteiger partial charge in [0.05, 0.1) is 16.9 Å². The van der Waals surface area contributed by atoms with Crippen LogP contribution in [-0.4, -0.2) is 32.7 Å². The Kier molecular flexibility index (Phi) is 7.00. The molecule has 2 aromatic carbocycles. The summed E-state index contributed by atoms with van der Waals surface area (Å²) in [6, 6.07) is 14.1. The van der Waals surface area contributed by atoms with Crippen LogP contribution in [0.3, 0.4) is 0 Å². The average molecular weight is 410 g/mol. The molecule has 7 heteroatoms. The topological polar surface area (TPSA) is 78.5 Å². The first kappa shape index (κ1) is 21.0. The van der Waals surface area contributed by atoms with Crippen molar-refractivity contribution in [2.45, 2.75) is 36.9 Å². The van der Waals surface area contributed by atoms with Crippen LogP contribution in [0.5, 0.6) is 5.75 Å². The van der Waals surface area contributed by atoms with Gasteiger partial charge in [0.15, 0.2) is 12.0 Å². The molecule has 0 bridgehead atoms. The van der Waals surface area contributed by atoms with Crippen LogP contribution < -0.4 is 9.64 Å². The van der Waals surface area contributed by atoms with Crippen molar-refractivity contribution in [2.75, 3.05) is 31.3 Å². The predicted molar refractivity (Wildman–Crippen MR) is 112 cm³/mol. The zero-order valence-corrected chi connectivity index (χ0v) is 17.6. The maximum atomic E-state index is 9.79. The van der Waals surface area contributed by atoms with E-state index in [0.717, 1.165) is 21.2 Å². The molecule has 0 N–H and O–H groups in total. The molecule has 29 heavy (non-hydrogen) atoms. The van der Waals surface area contributed by atoms with Crippen LogP contribution in [0.25, 0.3) is 0 Å². The molecule has 1 aliphatic rings. The SMILES string of the molecule is CCOC(COc1c(C#N)c(C#N)cc2c1N(CC)c1ccccc1S2)OCC. The zero-order valence-electron chi connectivity index (χ0n) is 16.8. The summed E-state index contributed by atoms with van der Waals surface area (Å²) >= 11 is 1.57. The maximum absolute atomic E-state index is 9.79. The van der Waals surface area contributed by atoms with E-state index in [0.29, 0.717) is 31.1 Å². The Labute approximate surface area is 175 Å². The van der Waals surface area contributed by atoms with Gasteiger partial charge < -0.3 is 19.1 Å². The van der Waals surface area contributed by atoms with E-state index >= 15 is 0 Å². The minimum atomic E-state index is -0.545. The second kappa shape index (κ2) is 9.67. The van der Waals surface area contributed by atoms with Gasteiger partial charge in [0, 0.05) is 29.5 Å². The summed E-state index contributed by atoms with van der Waals surface area (Å²) in [6.45, 7) is 7.61. The van der Waals surface area contributed by atoms with Crippen molar-refractivity contribution in [1.82, 2.24) is 0 Å². The average Bonchev–Trinajstić information content (AvgIpc) is 2.75. The minimum Gasteiger partial charge on any atom is -0.485 e. The van der Waals surface area contributed by atoms with Gasteiger partial charge in [-0.2, -0.15) is 10.5 Å². The summed E-state index contributed by atoms with van der Waals surface area (Å²) in [5.41, 5.74) is 2.39. The van der Waals surface area contributed by atoms with Crippen molar-refractivity contribution in [3.8, 4) is 17.9 Å². The Balaban J connectivity index is 2.10. The van der Waals surface area contributed by atoms with Crippen LogP contribution in [0.2, 0.25) is 0 Å². The quantitative estimate of drug-likeness (QED) is 0.578. The highest BCUT2D eigenvalue weighted by Gasteiger charge is 2.30. The number of ether oxygens (including phenoxy) is 3. The van der Waals surface area contributed by atoms with E-state index in [-0.39, 0.29) is 12.2 Å². The number of nitrogens with zero attached hydrogens (tertiary/aromatic N) is 3. The number of benzene rings is 2. The van der Waals surface area contributed by atoms with Crippen molar-refractivity contribution in [3.63, 3.8) is 0 Å². The van der Waals surface area contributed by atoms with Gasteiger partial charge in [0.1, 0.15) is 24.3 Å². The molecule has 0 aromatic heterocycles. The Bertz CT molecular complexity index is 959. The first-order valence-corrected chi connectivity index (χ1v) is 10.4. The lowest BCUT2D eigenvalue weighted by molar-refractivity contribution is -0.152. The van der Waals surface area contributed by atoms with Gasteiger partial charge >= 0.3 is 0 Å². The van der Waals surface area contributed by atoms with E-state index < -0.39 is 6.29 Å². The van der Waals surface area contributed by atoms with E-state index in [9.17, 15) is 10.5 Å². The molecule has 0 saturated heterocycles. The molecule has 150 valence electrons. The molecule has 1 aliphatic heterocycles. The highest BCUT2D eigenvalue weighted by molar-refractivity contribution is 7.99. The fourth-order valence-electron chi connectivity index (χ4n) is 3.30. The van der Waals surface area contributed by atoms with Crippen molar-refractivity contribution < 1.29 is 14.2 Å². The van der Waals surface area contributed by atoms with Crippen molar-refractivity contribution in [2.24, 2.45) is 0 Å². The van der Waals surface area contributed by atoms with E-state index in [4.69, 9.17) is 14.2 Å². The molecule has 0 aliphatic carbocycles. The summed E-state index contributed by atoms with van der Waals surface area (Å²) in [5, 5.41) is 19.4.